The molecule has 7 heteroatoms. The largest absolute Gasteiger partial charge is 0.493 e. The highest BCUT2D eigenvalue weighted by molar-refractivity contribution is 5.95. The lowest BCUT2D eigenvalue weighted by atomic mass is 10.2. The zero-order valence-corrected chi connectivity index (χ0v) is 17.3. The van der Waals surface area contributed by atoms with Crippen molar-refractivity contribution in [3.63, 3.8) is 0 Å². The van der Waals surface area contributed by atoms with E-state index in [2.05, 4.69) is 10.5 Å². The van der Waals surface area contributed by atoms with Gasteiger partial charge in [0.05, 0.1) is 19.9 Å². The lowest BCUT2D eigenvalue weighted by Gasteiger charge is -2.10. The van der Waals surface area contributed by atoms with E-state index in [-0.39, 0.29) is 11.7 Å². The van der Waals surface area contributed by atoms with Crippen LogP contribution in [0.5, 0.6) is 17.2 Å². The molecule has 0 aliphatic heterocycles. The summed E-state index contributed by atoms with van der Waals surface area (Å²) < 4.78 is 29.4. The third-order valence-corrected chi connectivity index (χ3v) is 4.28. The van der Waals surface area contributed by atoms with Crippen LogP contribution in [0.15, 0.2) is 71.8 Å². The van der Waals surface area contributed by atoms with Gasteiger partial charge in [0.1, 0.15) is 18.2 Å². The Bertz CT molecular complexity index is 1050. The van der Waals surface area contributed by atoms with Gasteiger partial charge in [-0.3, -0.25) is 4.79 Å². The average molecular weight is 422 g/mol. The minimum absolute atomic E-state index is 0.284. The quantitative estimate of drug-likeness (QED) is 0.405. The van der Waals surface area contributed by atoms with Gasteiger partial charge in [-0.15, -0.1) is 0 Å². The average Bonchev–Trinajstić information content (AvgIpc) is 2.79. The predicted molar refractivity (Wildman–Crippen MR) is 116 cm³/mol. The lowest BCUT2D eigenvalue weighted by molar-refractivity contribution is 0.0954. The van der Waals surface area contributed by atoms with E-state index in [9.17, 15) is 9.18 Å². The van der Waals surface area contributed by atoms with Gasteiger partial charge >= 0.3 is 0 Å². The van der Waals surface area contributed by atoms with Crippen LogP contribution in [-0.4, -0.2) is 25.8 Å². The number of benzene rings is 3. The molecule has 0 fully saturated rings. The van der Waals surface area contributed by atoms with E-state index in [1.807, 2.05) is 25.1 Å². The molecule has 0 radical (unpaired) electrons. The zero-order chi connectivity index (χ0) is 22.1. The predicted octanol–water partition coefficient (Wildman–Crippen LogP) is 4.58. The number of nitrogens with one attached hydrogen (secondary N) is 1. The van der Waals surface area contributed by atoms with Crippen molar-refractivity contribution in [1.29, 1.82) is 0 Å². The molecular formula is C24H23FN2O4. The summed E-state index contributed by atoms with van der Waals surface area (Å²) in [7, 11) is 1.54. The molecule has 0 heterocycles. The maximum Gasteiger partial charge on any atom is 0.271 e. The number of halogens is 1. The van der Waals surface area contributed by atoms with Crippen molar-refractivity contribution in [2.45, 2.75) is 13.5 Å². The van der Waals surface area contributed by atoms with Crippen molar-refractivity contribution in [2.75, 3.05) is 13.7 Å². The van der Waals surface area contributed by atoms with E-state index >= 15 is 0 Å². The molecule has 0 bridgehead atoms. The first kappa shape index (κ1) is 21.8. The number of ether oxygens (including phenoxy) is 3. The number of hydrogen-bond donors (Lipinski definition) is 1. The minimum atomic E-state index is -0.372. The molecule has 0 unspecified atom stereocenters. The number of methoxy groups -OCH3 is 1. The molecule has 0 aromatic heterocycles. The second kappa shape index (κ2) is 10.8. The Morgan fingerprint density at radius 2 is 1.84 bits per heavy atom. The standard InChI is InChI=1S/C24H23FN2O4/c1-3-30-23-14-19(9-12-22(23)29-2)24(28)27-26-15-18-5-4-6-21(13-18)31-16-17-7-10-20(25)11-8-17/h4-15H,3,16H2,1-2H3,(H,27,28)/b26-15+. The molecule has 1 N–H and O–H groups in total. The van der Waals surface area contributed by atoms with Gasteiger partial charge < -0.3 is 14.2 Å². The van der Waals surface area contributed by atoms with Gasteiger partial charge in [-0.25, -0.2) is 9.82 Å². The summed E-state index contributed by atoms with van der Waals surface area (Å²) in [5, 5.41) is 4.01. The molecule has 6 nitrogen and oxygen atoms in total. The highest BCUT2D eigenvalue weighted by Crippen LogP contribution is 2.28. The third kappa shape index (κ3) is 6.30. The van der Waals surface area contributed by atoms with Crippen molar-refractivity contribution in [2.24, 2.45) is 5.10 Å². The first-order valence-electron chi connectivity index (χ1n) is 9.70. The first-order chi connectivity index (χ1) is 15.1. The highest BCUT2D eigenvalue weighted by Gasteiger charge is 2.10. The molecule has 3 aromatic carbocycles. The number of hydrogen-bond acceptors (Lipinski definition) is 5. The van der Waals surface area contributed by atoms with Gasteiger partial charge in [0, 0.05) is 5.56 Å². The SMILES string of the molecule is CCOc1cc(C(=O)N/N=C/c2cccc(OCc3ccc(F)cc3)c2)ccc1OC. The maximum absolute atomic E-state index is 13.0. The van der Waals surface area contributed by atoms with E-state index in [1.54, 1.807) is 43.5 Å². The molecule has 3 aromatic rings. The molecule has 0 aliphatic rings. The number of carbonyl (C=O) groups is 1. The van der Waals surface area contributed by atoms with Gasteiger partial charge in [-0.1, -0.05) is 24.3 Å². The fourth-order valence-electron chi connectivity index (χ4n) is 2.75. The molecule has 3 rings (SSSR count). The van der Waals surface area contributed by atoms with Crippen LogP contribution in [0.2, 0.25) is 0 Å². The van der Waals surface area contributed by atoms with Crippen molar-refractivity contribution in [3.05, 3.63) is 89.2 Å². The Morgan fingerprint density at radius 1 is 1.03 bits per heavy atom. The van der Waals surface area contributed by atoms with E-state index in [0.717, 1.165) is 11.1 Å². The Morgan fingerprint density at radius 3 is 2.58 bits per heavy atom. The molecule has 160 valence electrons. The number of rotatable bonds is 9. The van der Waals surface area contributed by atoms with Crippen LogP contribution >= 0.6 is 0 Å². The van der Waals surface area contributed by atoms with E-state index < -0.39 is 0 Å². The lowest BCUT2D eigenvalue weighted by Crippen LogP contribution is -2.17. The van der Waals surface area contributed by atoms with Crippen LogP contribution < -0.4 is 19.6 Å². The fraction of sp³-hybridized carbons (Fsp3) is 0.167. The smallest absolute Gasteiger partial charge is 0.271 e. The topological polar surface area (TPSA) is 69.2 Å². The van der Waals surface area contributed by atoms with Crippen molar-refractivity contribution < 1.29 is 23.4 Å². The van der Waals surface area contributed by atoms with Gasteiger partial charge in [-0.2, -0.15) is 5.10 Å². The van der Waals surface area contributed by atoms with E-state index in [1.165, 1.54) is 18.3 Å². The molecule has 0 saturated heterocycles. The van der Waals surface area contributed by atoms with E-state index in [0.29, 0.717) is 36.0 Å². The van der Waals surface area contributed by atoms with Crippen molar-refractivity contribution in [3.8, 4) is 17.2 Å². The summed E-state index contributed by atoms with van der Waals surface area (Å²) in [6.07, 6.45) is 1.52. The Kier molecular flexibility index (Phi) is 7.59. The normalized spacial score (nSPS) is 10.7. The van der Waals surface area contributed by atoms with Gasteiger partial charge in [0.15, 0.2) is 11.5 Å². The summed E-state index contributed by atoms with van der Waals surface area (Å²) in [5.74, 6) is 1.03. The molecule has 1 amide bonds. The minimum Gasteiger partial charge on any atom is -0.493 e. The molecular weight excluding hydrogens is 399 g/mol. The van der Waals surface area contributed by atoms with Crippen LogP contribution in [0.1, 0.15) is 28.4 Å². The van der Waals surface area contributed by atoms with Gasteiger partial charge in [0.2, 0.25) is 0 Å². The number of nitrogens with zero attached hydrogens (tertiary/aromatic N) is 1. The highest BCUT2D eigenvalue weighted by atomic mass is 19.1. The Balaban J connectivity index is 1.59. The second-order valence-electron chi connectivity index (χ2n) is 6.49. The van der Waals surface area contributed by atoms with Crippen molar-refractivity contribution >= 4 is 12.1 Å². The molecule has 31 heavy (non-hydrogen) atoms. The van der Waals surface area contributed by atoms with Crippen molar-refractivity contribution in [1.82, 2.24) is 5.43 Å². The zero-order valence-electron chi connectivity index (χ0n) is 17.3. The number of carbonyl (C=O) groups excluding carboxylic acids is 1. The molecule has 0 spiro atoms. The maximum atomic E-state index is 13.0. The van der Waals surface area contributed by atoms with Crippen LogP contribution in [0.3, 0.4) is 0 Å². The molecule has 0 atom stereocenters. The number of hydrazone groups is 1. The molecule has 0 saturated carbocycles. The van der Waals surface area contributed by atoms with Crippen LogP contribution in [0.4, 0.5) is 4.39 Å². The monoisotopic (exact) mass is 422 g/mol. The Hall–Kier alpha value is -3.87. The third-order valence-electron chi connectivity index (χ3n) is 4.28. The summed E-state index contributed by atoms with van der Waals surface area (Å²) >= 11 is 0. The summed E-state index contributed by atoms with van der Waals surface area (Å²) in [5.41, 5.74) is 4.51. The summed E-state index contributed by atoms with van der Waals surface area (Å²) in [6, 6.07) is 18.3. The summed E-state index contributed by atoms with van der Waals surface area (Å²) in [4.78, 5) is 12.4. The Labute approximate surface area is 180 Å². The summed E-state index contributed by atoms with van der Waals surface area (Å²) in [6.45, 7) is 2.63. The van der Waals surface area contributed by atoms with Gasteiger partial charge in [0.25, 0.3) is 5.91 Å². The number of amides is 1. The first-order valence-corrected chi connectivity index (χ1v) is 9.70. The second-order valence-corrected chi connectivity index (χ2v) is 6.49. The van der Waals surface area contributed by atoms with E-state index in [4.69, 9.17) is 14.2 Å². The van der Waals surface area contributed by atoms with Crippen LogP contribution in [0.25, 0.3) is 0 Å². The fourth-order valence-corrected chi connectivity index (χ4v) is 2.75. The molecule has 0 aliphatic carbocycles. The van der Waals surface area contributed by atoms with Crippen LogP contribution in [0, 0.1) is 5.82 Å². The van der Waals surface area contributed by atoms with Crippen LogP contribution in [-0.2, 0) is 6.61 Å². The van der Waals surface area contributed by atoms with Gasteiger partial charge in [-0.05, 0) is 60.5 Å².